The fraction of sp³-hybridized carbons (Fsp3) is 0.529. The standard InChI is InChI=1S/C17H25N/c1-17(2,15-12-8-5-9-13-15)16(18-3)14-10-6-4-7-11-14/h5,8-10,12-13,16,18H,4,6-7,11H2,1-3H3. The van der Waals surface area contributed by atoms with E-state index < -0.39 is 0 Å². The van der Waals surface area contributed by atoms with E-state index in [-0.39, 0.29) is 5.41 Å². The quantitative estimate of drug-likeness (QED) is 0.787. The summed E-state index contributed by atoms with van der Waals surface area (Å²) < 4.78 is 0. The maximum Gasteiger partial charge on any atom is 0.0369 e. The monoisotopic (exact) mass is 243 g/mol. The highest BCUT2D eigenvalue weighted by Crippen LogP contribution is 2.34. The molecule has 1 aromatic carbocycles. The third-order valence-electron chi connectivity index (χ3n) is 4.23. The molecule has 1 heteroatoms. The number of rotatable bonds is 4. The Bertz CT molecular complexity index is 403. The molecule has 98 valence electrons. The van der Waals surface area contributed by atoms with Crippen LogP contribution in [0, 0.1) is 0 Å². The van der Waals surface area contributed by atoms with Crippen molar-refractivity contribution in [2.45, 2.75) is 51.0 Å². The first-order chi connectivity index (χ1) is 8.66. The van der Waals surface area contributed by atoms with Crippen molar-refractivity contribution >= 4 is 0 Å². The zero-order valence-electron chi connectivity index (χ0n) is 11.9. The van der Waals surface area contributed by atoms with Gasteiger partial charge in [0.2, 0.25) is 0 Å². The minimum atomic E-state index is 0.138. The summed E-state index contributed by atoms with van der Waals surface area (Å²) >= 11 is 0. The molecular formula is C17H25N. The predicted octanol–water partition coefficient (Wildman–Crippen LogP) is 4.05. The third kappa shape index (κ3) is 2.67. The van der Waals surface area contributed by atoms with E-state index in [4.69, 9.17) is 0 Å². The van der Waals surface area contributed by atoms with Gasteiger partial charge in [0.1, 0.15) is 0 Å². The Morgan fingerprint density at radius 2 is 1.83 bits per heavy atom. The van der Waals surface area contributed by atoms with Crippen LogP contribution in [0.4, 0.5) is 0 Å². The normalized spacial score (nSPS) is 18.3. The number of nitrogens with one attached hydrogen (secondary N) is 1. The lowest BCUT2D eigenvalue weighted by atomic mass is 9.73. The largest absolute Gasteiger partial charge is 0.313 e. The molecule has 0 aliphatic heterocycles. The molecule has 2 rings (SSSR count). The van der Waals surface area contributed by atoms with Crippen LogP contribution in [0.2, 0.25) is 0 Å². The van der Waals surface area contributed by atoms with Crippen molar-refractivity contribution in [2.75, 3.05) is 7.05 Å². The minimum absolute atomic E-state index is 0.138. The van der Waals surface area contributed by atoms with Crippen LogP contribution >= 0.6 is 0 Å². The number of allylic oxidation sites excluding steroid dienone is 1. The lowest BCUT2D eigenvalue weighted by Gasteiger charge is -2.37. The Kier molecular flexibility index (Phi) is 4.23. The van der Waals surface area contributed by atoms with Crippen molar-refractivity contribution in [2.24, 2.45) is 0 Å². The Morgan fingerprint density at radius 1 is 1.11 bits per heavy atom. The van der Waals surface area contributed by atoms with Gasteiger partial charge < -0.3 is 5.32 Å². The van der Waals surface area contributed by atoms with Gasteiger partial charge in [0, 0.05) is 11.5 Å². The number of likely N-dealkylation sites (N-methyl/N-ethyl adjacent to an activating group) is 1. The van der Waals surface area contributed by atoms with Crippen molar-refractivity contribution in [3.8, 4) is 0 Å². The summed E-state index contributed by atoms with van der Waals surface area (Å²) in [5, 5.41) is 3.54. The van der Waals surface area contributed by atoms with E-state index in [0.717, 1.165) is 0 Å². The summed E-state index contributed by atoms with van der Waals surface area (Å²) in [6, 6.07) is 11.3. The molecule has 0 saturated heterocycles. The summed E-state index contributed by atoms with van der Waals surface area (Å²) in [6.07, 6.45) is 7.65. The van der Waals surface area contributed by atoms with Crippen LogP contribution in [0.15, 0.2) is 42.0 Å². The summed E-state index contributed by atoms with van der Waals surface area (Å²) in [5.74, 6) is 0. The van der Waals surface area contributed by atoms with Crippen molar-refractivity contribution in [1.29, 1.82) is 0 Å². The highest BCUT2D eigenvalue weighted by Gasteiger charge is 2.32. The minimum Gasteiger partial charge on any atom is -0.313 e. The van der Waals surface area contributed by atoms with E-state index in [1.54, 1.807) is 5.57 Å². The summed E-state index contributed by atoms with van der Waals surface area (Å²) in [4.78, 5) is 0. The molecule has 0 fully saturated rings. The smallest absolute Gasteiger partial charge is 0.0369 e. The van der Waals surface area contributed by atoms with Crippen molar-refractivity contribution in [3.05, 3.63) is 47.5 Å². The van der Waals surface area contributed by atoms with E-state index in [1.807, 2.05) is 0 Å². The van der Waals surface area contributed by atoms with Crippen molar-refractivity contribution in [3.63, 3.8) is 0 Å². The average Bonchev–Trinajstić information content (AvgIpc) is 2.41. The van der Waals surface area contributed by atoms with Crippen LogP contribution in [-0.4, -0.2) is 13.1 Å². The van der Waals surface area contributed by atoms with E-state index in [9.17, 15) is 0 Å². The van der Waals surface area contributed by atoms with Crippen LogP contribution in [-0.2, 0) is 5.41 Å². The van der Waals surface area contributed by atoms with Gasteiger partial charge >= 0.3 is 0 Å². The van der Waals surface area contributed by atoms with E-state index in [0.29, 0.717) is 6.04 Å². The highest BCUT2D eigenvalue weighted by atomic mass is 14.9. The highest BCUT2D eigenvalue weighted by molar-refractivity contribution is 5.31. The molecule has 1 aliphatic carbocycles. The summed E-state index contributed by atoms with van der Waals surface area (Å²) in [5.41, 5.74) is 3.15. The predicted molar refractivity (Wildman–Crippen MR) is 78.9 cm³/mol. The van der Waals surface area contributed by atoms with Gasteiger partial charge in [-0.2, -0.15) is 0 Å². The molecule has 0 aromatic heterocycles. The van der Waals surface area contributed by atoms with Gasteiger partial charge in [-0.15, -0.1) is 0 Å². The van der Waals surface area contributed by atoms with Crippen LogP contribution in [0.25, 0.3) is 0 Å². The Hall–Kier alpha value is -1.08. The number of hydrogen-bond acceptors (Lipinski definition) is 1. The fourth-order valence-corrected chi connectivity index (χ4v) is 3.17. The lowest BCUT2D eigenvalue weighted by molar-refractivity contribution is 0.385. The van der Waals surface area contributed by atoms with Gasteiger partial charge in [0.15, 0.2) is 0 Å². The molecule has 0 amide bonds. The molecule has 1 unspecified atom stereocenters. The molecule has 0 heterocycles. The second-order valence-corrected chi connectivity index (χ2v) is 5.83. The van der Waals surface area contributed by atoms with Crippen LogP contribution in [0.1, 0.15) is 45.1 Å². The SMILES string of the molecule is CNC(C1=CCCCC1)C(C)(C)c1ccccc1. The molecule has 1 atom stereocenters. The van der Waals surface area contributed by atoms with Crippen molar-refractivity contribution < 1.29 is 0 Å². The Labute approximate surface area is 111 Å². The van der Waals surface area contributed by atoms with Gasteiger partial charge in [-0.05, 0) is 38.3 Å². The topological polar surface area (TPSA) is 12.0 Å². The zero-order chi connectivity index (χ0) is 13.0. The number of hydrogen-bond donors (Lipinski definition) is 1. The second kappa shape index (κ2) is 5.71. The first kappa shape index (κ1) is 13.4. The van der Waals surface area contributed by atoms with Crippen LogP contribution < -0.4 is 5.32 Å². The molecule has 1 aromatic rings. The van der Waals surface area contributed by atoms with Gasteiger partial charge in [0.05, 0.1) is 0 Å². The third-order valence-corrected chi connectivity index (χ3v) is 4.23. The zero-order valence-corrected chi connectivity index (χ0v) is 11.9. The molecule has 0 spiro atoms. The molecular weight excluding hydrogens is 218 g/mol. The fourth-order valence-electron chi connectivity index (χ4n) is 3.17. The Morgan fingerprint density at radius 3 is 2.39 bits per heavy atom. The first-order valence-corrected chi connectivity index (χ1v) is 7.08. The lowest BCUT2D eigenvalue weighted by Crippen LogP contribution is -2.44. The van der Waals surface area contributed by atoms with Gasteiger partial charge in [0.25, 0.3) is 0 Å². The second-order valence-electron chi connectivity index (χ2n) is 5.83. The van der Waals surface area contributed by atoms with E-state index in [1.165, 1.54) is 31.2 Å². The molecule has 0 bridgehead atoms. The van der Waals surface area contributed by atoms with Crippen LogP contribution in [0.3, 0.4) is 0 Å². The molecule has 1 N–H and O–H groups in total. The molecule has 0 saturated carbocycles. The molecule has 0 radical (unpaired) electrons. The van der Waals surface area contributed by atoms with E-state index >= 15 is 0 Å². The van der Waals surface area contributed by atoms with E-state index in [2.05, 4.69) is 62.6 Å². The Balaban J connectivity index is 2.28. The number of benzene rings is 1. The first-order valence-electron chi connectivity index (χ1n) is 7.08. The summed E-state index contributed by atoms with van der Waals surface area (Å²) in [7, 11) is 2.09. The van der Waals surface area contributed by atoms with Gasteiger partial charge in [-0.25, -0.2) is 0 Å². The summed E-state index contributed by atoms with van der Waals surface area (Å²) in [6.45, 7) is 4.69. The van der Waals surface area contributed by atoms with Gasteiger partial charge in [-0.1, -0.05) is 55.8 Å². The average molecular weight is 243 g/mol. The molecule has 1 aliphatic rings. The maximum atomic E-state index is 3.54. The van der Waals surface area contributed by atoms with Crippen molar-refractivity contribution in [1.82, 2.24) is 5.32 Å². The maximum absolute atomic E-state index is 3.54. The molecule has 1 nitrogen and oxygen atoms in total. The van der Waals surface area contributed by atoms with Crippen LogP contribution in [0.5, 0.6) is 0 Å². The molecule has 18 heavy (non-hydrogen) atoms. The van der Waals surface area contributed by atoms with Gasteiger partial charge in [-0.3, -0.25) is 0 Å².